The van der Waals surface area contributed by atoms with E-state index in [4.69, 9.17) is 0 Å². The first-order chi connectivity index (χ1) is 10.4. The van der Waals surface area contributed by atoms with E-state index in [-0.39, 0.29) is 10.8 Å². The van der Waals surface area contributed by atoms with Crippen molar-refractivity contribution in [2.24, 2.45) is 17.8 Å². The van der Waals surface area contributed by atoms with Crippen LogP contribution in [0.1, 0.15) is 42.5 Å². The number of nitrogens with one attached hydrogen (secondary N) is 1. The number of rotatable bonds is 4. The molecular formula is C17H23NO3S. The molecule has 0 heterocycles. The van der Waals surface area contributed by atoms with Crippen molar-refractivity contribution in [3.05, 3.63) is 29.8 Å². The Bertz CT molecular complexity index is 651. The van der Waals surface area contributed by atoms with Crippen LogP contribution in [0.25, 0.3) is 0 Å². The topological polar surface area (TPSA) is 63.2 Å². The summed E-state index contributed by atoms with van der Waals surface area (Å²) in [4.78, 5) is 12.4. The fourth-order valence-electron chi connectivity index (χ4n) is 4.12. The van der Waals surface area contributed by atoms with Crippen LogP contribution in [-0.4, -0.2) is 27.1 Å². The lowest BCUT2D eigenvalue weighted by atomic mass is 9.92. The number of hydrogen-bond donors (Lipinski definition) is 1. The molecule has 2 aliphatic carbocycles. The minimum Gasteiger partial charge on any atom is -0.352 e. The molecule has 3 atom stereocenters. The molecule has 5 heteroatoms. The van der Waals surface area contributed by atoms with Crippen LogP contribution in [0.4, 0.5) is 0 Å². The van der Waals surface area contributed by atoms with Crippen molar-refractivity contribution in [3.8, 4) is 0 Å². The maximum Gasteiger partial charge on any atom is 0.251 e. The highest BCUT2D eigenvalue weighted by molar-refractivity contribution is 7.90. The van der Waals surface area contributed by atoms with Crippen LogP contribution in [0, 0.1) is 17.8 Å². The normalized spacial score (nSPS) is 27.6. The van der Waals surface area contributed by atoms with Gasteiger partial charge in [0, 0.05) is 18.4 Å². The van der Waals surface area contributed by atoms with Crippen LogP contribution >= 0.6 is 0 Å². The summed E-state index contributed by atoms with van der Waals surface area (Å²) in [6.45, 7) is 0.744. The van der Waals surface area contributed by atoms with Crippen LogP contribution in [0.15, 0.2) is 29.2 Å². The monoisotopic (exact) mass is 321 g/mol. The third-order valence-corrected chi connectivity index (χ3v) is 6.43. The van der Waals surface area contributed by atoms with Crippen LogP contribution in [0.5, 0.6) is 0 Å². The molecule has 1 amide bonds. The Balaban J connectivity index is 1.58. The number of fused-ring (bicyclic) bond motifs is 1. The van der Waals surface area contributed by atoms with Crippen molar-refractivity contribution >= 4 is 15.7 Å². The number of sulfone groups is 1. The Morgan fingerprint density at radius 3 is 2.55 bits per heavy atom. The number of carbonyl (C=O) groups is 1. The van der Waals surface area contributed by atoms with Crippen molar-refractivity contribution < 1.29 is 13.2 Å². The first-order valence-electron chi connectivity index (χ1n) is 8.03. The molecule has 2 saturated carbocycles. The Labute approximate surface area is 132 Å². The molecule has 22 heavy (non-hydrogen) atoms. The minimum absolute atomic E-state index is 0.110. The van der Waals surface area contributed by atoms with E-state index in [1.807, 2.05) is 0 Å². The molecule has 1 aromatic rings. The summed E-state index contributed by atoms with van der Waals surface area (Å²) in [5.74, 6) is 2.19. The van der Waals surface area contributed by atoms with Crippen LogP contribution in [-0.2, 0) is 9.84 Å². The quantitative estimate of drug-likeness (QED) is 0.927. The second kappa shape index (κ2) is 6.03. The van der Waals surface area contributed by atoms with Gasteiger partial charge in [-0.1, -0.05) is 12.8 Å². The fraction of sp³-hybridized carbons (Fsp3) is 0.588. The highest BCUT2D eigenvalue weighted by Gasteiger charge is 2.38. The Morgan fingerprint density at radius 1 is 1.14 bits per heavy atom. The molecule has 0 aliphatic heterocycles. The minimum atomic E-state index is -3.21. The fourth-order valence-corrected chi connectivity index (χ4v) is 4.75. The molecule has 3 rings (SSSR count). The van der Waals surface area contributed by atoms with Crippen molar-refractivity contribution in [3.63, 3.8) is 0 Å². The van der Waals surface area contributed by atoms with E-state index in [0.29, 0.717) is 11.5 Å². The highest BCUT2D eigenvalue weighted by Crippen LogP contribution is 2.47. The first-order valence-corrected chi connectivity index (χ1v) is 9.92. The second-order valence-electron chi connectivity index (χ2n) is 6.70. The van der Waals surface area contributed by atoms with Crippen molar-refractivity contribution in [2.45, 2.75) is 37.0 Å². The molecule has 0 unspecified atom stereocenters. The first kappa shape index (κ1) is 15.5. The van der Waals surface area contributed by atoms with E-state index in [1.54, 1.807) is 12.1 Å². The van der Waals surface area contributed by atoms with Gasteiger partial charge in [-0.25, -0.2) is 8.42 Å². The summed E-state index contributed by atoms with van der Waals surface area (Å²) in [5.41, 5.74) is 0.522. The van der Waals surface area contributed by atoms with Gasteiger partial charge in [0.25, 0.3) is 5.91 Å². The Kier molecular flexibility index (Phi) is 4.26. The number of benzene rings is 1. The van der Waals surface area contributed by atoms with Crippen molar-refractivity contribution in [1.29, 1.82) is 0 Å². The Hall–Kier alpha value is -1.36. The molecular weight excluding hydrogens is 298 g/mol. The smallest absolute Gasteiger partial charge is 0.251 e. The van der Waals surface area contributed by atoms with Gasteiger partial charge in [0.1, 0.15) is 0 Å². The van der Waals surface area contributed by atoms with E-state index in [1.165, 1.54) is 50.5 Å². The van der Waals surface area contributed by atoms with Gasteiger partial charge < -0.3 is 5.32 Å². The Morgan fingerprint density at radius 2 is 1.86 bits per heavy atom. The molecule has 2 aliphatic rings. The van der Waals surface area contributed by atoms with Gasteiger partial charge in [-0.2, -0.15) is 0 Å². The standard InChI is InChI=1S/C17H23NO3S/c1-22(20,21)15-9-7-13(8-10-15)17(19)18-11-14-6-5-12-3-2-4-16(12)14/h7-10,12,14,16H,2-6,11H2,1H3,(H,18,19)/t12-,14+,16-/m0/s1. The maximum atomic E-state index is 12.2. The lowest BCUT2D eigenvalue weighted by molar-refractivity contribution is 0.0943. The summed E-state index contributed by atoms with van der Waals surface area (Å²) in [6, 6.07) is 6.15. The predicted octanol–water partition coefficient (Wildman–Crippen LogP) is 2.65. The zero-order chi connectivity index (χ0) is 15.7. The lowest BCUT2D eigenvalue weighted by Crippen LogP contribution is -2.31. The summed E-state index contributed by atoms with van der Waals surface area (Å²) in [6.07, 6.45) is 7.72. The van der Waals surface area contributed by atoms with Crippen LogP contribution in [0.2, 0.25) is 0 Å². The maximum absolute atomic E-state index is 12.2. The van der Waals surface area contributed by atoms with Gasteiger partial charge >= 0.3 is 0 Å². The van der Waals surface area contributed by atoms with E-state index in [0.717, 1.165) is 18.4 Å². The van der Waals surface area contributed by atoms with Gasteiger partial charge in [-0.05, 0) is 61.3 Å². The third-order valence-electron chi connectivity index (χ3n) is 5.30. The average molecular weight is 321 g/mol. The van der Waals surface area contributed by atoms with Gasteiger partial charge in [-0.3, -0.25) is 4.79 Å². The van der Waals surface area contributed by atoms with E-state index in [2.05, 4.69) is 5.32 Å². The number of amides is 1. The van der Waals surface area contributed by atoms with Gasteiger partial charge in [0.05, 0.1) is 4.90 Å². The number of carbonyl (C=O) groups excluding carboxylic acids is 1. The molecule has 0 radical (unpaired) electrons. The summed E-state index contributed by atoms with van der Waals surface area (Å²) in [7, 11) is -3.21. The van der Waals surface area contributed by atoms with Crippen molar-refractivity contribution in [2.75, 3.05) is 12.8 Å². The number of hydrogen-bond acceptors (Lipinski definition) is 3. The molecule has 0 saturated heterocycles. The molecule has 120 valence electrons. The third kappa shape index (κ3) is 3.19. The summed E-state index contributed by atoms with van der Waals surface area (Å²) >= 11 is 0. The molecule has 1 aromatic carbocycles. The molecule has 0 aromatic heterocycles. The van der Waals surface area contributed by atoms with Crippen molar-refractivity contribution in [1.82, 2.24) is 5.32 Å². The van der Waals surface area contributed by atoms with Crippen LogP contribution in [0.3, 0.4) is 0 Å². The lowest BCUT2D eigenvalue weighted by Gasteiger charge is -2.19. The SMILES string of the molecule is CS(=O)(=O)c1ccc(C(=O)NC[C@H]2CC[C@@H]3CCC[C@@H]32)cc1. The van der Waals surface area contributed by atoms with E-state index >= 15 is 0 Å². The second-order valence-corrected chi connectivity index (χ2v) is 8.71. The zero-order valence-electron chi connectivity index (χ0n) is 12.9. The van der Waals surface area contributed by atoms with Gasteiger partial charge in [-0.15, -0.1) is 0 Å². The summed E-state index contributed by atoms with van der Waals surface area (Å²) in [5, 5.41) is 3.02. The van der Waals surface area contributed by atoms with Crippen LogP contribution < -0.4 is 5.32 Å². The molecule has 2 fully saturated rings. The zero-order valence-corrected chi connectivity index (χ0v) is 13.7. The largest absolute Gasteiger partial charge is 0.352 e. The van der Waals surface area contributed by atoms with E-state index < -0.39 is 9.84 Å². The van der Waals surface area contributed by atoms with Gasteiger partial charge in [0.2, 0.25) is 0 Å². The highest BCUT2D eigenvalue weighted by atomic mass is 32.2. The summed E-state index contributed by atoms with van der Waals surface area (Å²) < 4.78 is 22.8. The molecule has 1 N–H and O–H groups in total. The molecule has 4 nitrogen and oxygen atoms in total. The van der Waals surface area contributed by atoms with Gasteiger partial charge in [0.15, 0.2) is 9.84 Å². The predicted molar refractivity (Wildman–Crippen MR) is 85.4 cm³/mol. The average Bonchev–Trinajstić information content (AvgIpc) is 3.07. The molecule has 0 bridgehead atoms. The van der Waals surface area contributed by atoms with E-state index in [9.17, 15) is 13.2 Å². The molecule has 0 spiro atoms.